The molecule has 3 nitrogen and oxygen atoms in total. The maximum Gasteiger partial charge on any atom is 0.161 e. The van der Waals surface area contributed by atoms with Gasteiger partial charge in [-0.2, -0.15) is 0 Å². The van der Waals surface area contributed by atoms with Gasteiger partial charge >= 0.3 is 0 Å². The average molecular weight is 237 g/mol. The molecule has 0 fully saturated rings. The molecule has 0 bridgehead atoms. The van der Waals surface area contributed by atoms with Gasteiger partial charge in [-0.3, -0.25) is 0 Å². The van der Waals surface area contributed by atoms with Crippen molar-refractivity contribution in [1.82, 2.24) is 5.32 Å². The number of rotatable bonds is 7. The smallest absolute Gasteiger partial charge is 0.161 e. The van der Waals surface area contributed by atoms with Crippen molar-refractivity contribution in [3.05, 3.63) is 23.8 Å². The molecule has 1 rings (SSSR count). The summed E-state index contributed by atoms with van der Waals surface area (Å²) in [4.78, 5) is 0. The molecule has 0 radical (unpaired) electrons. The van der Waals surface area contributed by atoms with Gasteiger partial charge in [-0.25, -0.2) is 0 Å². The Morgan fingerprint density at radius 2 is 1.94 bits per heavy atom. The second-order valence-corrected chi connectivity index (χ2v) is 4.16. The van der Waals surface area contributed by atoms with Gasteiger partial charge in [-0.05, 0) is 45.0 Å². The summed E-state index contributed by atoms with van der Waals surface area (Å²) >= 11 is 0. The molecule has 0 aromatic heterocycles. The van der Waals surface area contributed by atoms with E-state index in [1.54, 1.807) is 0 Å². The van der Waals surface area contributed by atoms with E-state index < -0.39 is 0 Å². The number of benzene rings is 1. The lowest BCUT2D eigenvalue weighted by atomic mass is 10.2. The largest absolute Gasteiger partial charge is 0.490 e. The molecule has 0 atom stereocenters. The van der Waals surface area contributed by atoms with Crippen molar-refractivity contribution in [3.8, 4) is 11.5 Å². The van der Waals surface area contributed by atoms with Crippen molar-refractivity contribution < 1.29 is 9.47 Å². The highest BCUT2D eigenvalue weighted by molar-refractivity contribution is 5.43. The maximum absolute atomic E-state index is 5.71. The fourth-order valence-electron chi connectivity index (χ4n) is 1.55. The third-order valence-electron chi connectivity index (χ3n) is 2.25. The van der Waals surface area contributed by atoms with Crippen LogP contribution in [-0.4, -0.2) is 19.3 Å². The topological polar surface area (TPSA) is 30.5 Å². The Hall–Kier alpha value is -1.22. The van der Waals surface area contributed by atoms with Gasteiger partial charge < -0.3 is 14.8 Å². The van der Waals surface area contributed by atoms with E-state index in [2.05, 4.69) is 18.3 Å². The third-order valence-corrected chi connectivity index (χ3v) is 2.25. The van der Waals surface area contributed by atoms with Gasteiger partial charge in [-0.1, -0.05) is 13.0 Å². The maximum atomic E-state index is 5.71. The number of nitrogens with one attached hydrogen (secondary N) is 1. The number of ether oxygens (including phenoxy) is 2. The molecule has 0 unspecified atom stereocenters. The molecule has 0 saturated carbocycles. The SMILES string of the molecule is CCNCc1ccc(OC(C)C)c(OCC)c1. The molecule has 1 N–H and O–H groups in total. The predicted molar refractivity (Wildman–Crippen MR) is 70.8 cm³/mol. The number of hydrogen-bond acceptors (Lipinski definition) is 3. The van der Waals surface area contributed by atoms with Crippen LogP contribution >= 0.6 is 0 Å². The van der Waals surface area contributed by atoms with Gasteiger partial charge in [0.2, 0.25) is 0 Å². The van der Waals surface area contributed by atoms with E-state index in [0.29, 0.717) is 6.61 Å². The van der Waals surface area contributed by atoms with E-state index in [0.717, 1.165) is 24.6 Å². The molecule has 0 aliphatic heterocycles. The summed E-state index contributed by atoms with van der Waals surface area (Å²) in [6, 6.07) is 6.10. The summed E-state index contributed by atoms with van der Waals surface area (Å²) in [5, 5.41) is 3.30. The van der Waals surface area contributed by atoms with Crippen molar-refractivity contribution in [2.24, 2.45) is 0 Å². The predicted octanol–water partition coefficient (Wildman–Crippen LogP) is 2.98. The second kappa shape index (κ2) is 7.17. The second-order valence-electron chi connectivity index (χ2n) is 4.16. The molecule has 0 amide bonds. The summed E-state index contributed by atoms with van der Waals surface area (Å²) in [6.45, 7) is 10.6. The van der Waals surface area contributed by atoms with E-state index in [1.807, 2.05) is 32.9 Å². The molecule has 1 aromatic carbocycles. The third kappa shape index (κ3) is 4.65. The van der Waals surface area contributed by atoms with Crippen LogP contribution in [0.3, 0.4) is 0 Å². The van der Waals surface area contributed by atoms with E-state index in [-0.39, 0.29) is 6.10 Å². The van der Waals surface area contributed by atoms with Gasteiger partial charge in [0.15, 0.2) is 11.5 Å². The zero-order chi connectivity index (χ0) is 12.7. The number of hydrogen-bond donors (Lipinski definition) is 1. The zero-order valence-electron chi connectivity index (χ0n) is 11.2. The highest BCUT2D eigenvalue weighted by Gasteiger charge is 2.07. The fraction of sp³-hybridized carbons (Fsp3) is 0.571. The van der Waals surface area contributed by atoms with Gasteiger partial charge in [0.1, 0.15) is 0 Å². The van der Waals surface area contributed by atoms with Crippen LogP contribution in [0.5, 0.6) is 11.5 Å². The standard InChI is InChI=1S/C14H23NO2/c1-5-15-10-12-7-8-13(17-11(3)4)14(9-12)16-6-2/h7-9,11,15H,5-6,10H2,1-4H3. The lowest BCUT2D eigenvalue weighted by molar-refractivity contribution is 0.223. The highest BCUT2D eigenvalue weighted by atomic mass is 16.5. The Kier molecular flexibility index (Phi) is 5.84. The van der Waals surface area contributed by atoms with Crippen LogP contribution in [0.15, 0.2) is 18.2 Å². The first-order valence-electron chi connectivity index (χ1n) is 6.30. The molecule has 96 valence electrons. The van der Waals surface area contributed by atoms with Crippen LogP contribution in [0, 0.1) is 0 Å². The van der Waals surface area contributed by atoms with Crippen molar-refractivity contribution in [2.45, 2.75) is 40.3 Å². The fourth-order valence-corrected chi connectivity index (χ4v) is 1.55. The van der Waals surface area contributed by atoms with Crippen molar-refractivity contribution in [3.63, 3.8) is 0 Å². The van der Waals surface area contributed by atoms with E-state index in [9.17, 15) is 0 Å². The van der Waals surface area contributed by atoms with Crippen LogP contribution in [0.2, 0.25) is 0 Å². The first-order chi connectivity index (χ1) is 8.17. The molecule has 0 saturated heterocycles. The Labute approximate surface area is 104 Å². The van der Waals surface area contributed by atoms with Crippen LogP contribution < -0.4 is 14.8 Å². The summed E-state index contributed by atoms with van der Waals surface area (Å²) in [7, 11) is 0. The average Bonchev–Trinajstić information content (AvgIpc) is 2.29. The van der Waals surface area contributed by atoms with E-state index in [1.165, 1.54) is 5.56 Å². The minimum atomic E-state index is 0.161. The van der Waals surface area contributed by atoms with Crippen molar-refractivity contribution in [1.29, 1.82) is 0 Å². The summed E-state index contributed by atoms with van der Waals surface area (Å²) < 4.78 is 11.3. The van der Waals surface area contributed by atoms with E-state index >= 15 is 0 Å². The van der Waals surface area contributed by atoms with Crippen LogP contribution in [0.1, 0.15) is 33.3 Å². The summed E-state index contributed by atoms with van der Waals surface area (Å²) in [6.07, 6.45) is 0.161. The lowest BCUT2D eigenvalue weighted by Crippen LogP contribution is -2.12. The van der Waals surface area contributed by atoms with Crippen molar-refractivity contribution in [2.75, 3.05) is 13.2 Å². The molecular formula is C14H23NO2. The minimum Gasteiger partial charge on any atom is -0.490 e. The molecule has 17 heavy (non-hydrogen) atoms. The monoisotopic (exact) mass is 237 g/mol. The summed E-state index contributed by atoms with van der Waals surface area (Å²) in [5.41, 5.74) is 1.21. The van der Waals surface area contributed by atoms with Gasteiger partial charge in [-0.15, -0.1) is 0 Å². The molecule has 0 aliphatic rings. The highest BCUT2D eigenvalue weighted by Crippen LogP contribution is 2.29. The van der Waals surface area contributed by atoms with Crippen LogP contribution in [0.4, 0.5) is 0 Å². The first kappa shape index (κ1) is 13.8. The lowest BCUT2D eigenvalue weighted by Gasteiger charge is -2.15. The Balaban J connectivity index is 2.83. The zero-order valence-corrected chi connectivity index (χ0v) is 11.2. The Morgan fingerprint density at radius 1 is 1.18 bits per heavy atom. The van der Waals surface area contributed by atoms with E-state index in [4.69, 9.17) is 9.47 Å². The van der Waals surface area contributed by atoms with Gasteiger partial charge in [0.05, 0.1) is 12.7 Å². The van der Waals surface area contributed by atoms with Gasteiger partial charge in [0.25, 0.3) is 0 Å². The quantitative estimate of drug-likeness (QED) is 0.791. The van der Waals surface area contributed by atoms with Crippen LogP contribution in [-0.2, 0) is 6.54 Å². The molecule has 0 heterocycles. The molecular weight excluding hydrogens is 214 g/mol. The molecule has 1 aromatic rings. The van der Waals surface area contributed by atoms with Gasteiger partial charge in [0, 0.05) is 6.54 Å². The normalized spacial score (nSPS) is 10.6. The Morgan fingerprint density at radius 3 is 2.53 bits per heavy atom. The first-order valence-corrected chi connectivity index (χ1v) is 6.30. The minimum absolute atomic E-state index is 0.161. The van der Waals surface area contributed by atoms with Crippen LogP contribution in [0.25, 0.3) is 0 Å². The Bertz CT molecular complexity index is 337. The molecule has 3 heteroatoms. The molecule has 0 aliphatic carbocycles. The summed E-state index contributed by atoms with van der Waals surface area (Å²) in [5.74, 6) is 1.65. The van der Waals surface area contributed by atoms with Crippen molar-refractivity contribution >= 4 is 0 Å². The molecule has 0 spiro atoms.